The van der Waals surface area contributed by atoms with Gasteiger partial charge in [-0.2, -0.15) is 0 Å². The molecule has 0 bridgehead atoms. The van der Waals surface area contributed by atoms with Crippen molar-refractivity contribution in [3.63, 3.8) is 0 Å². The number of hydrogen-bond donors (Lipinski definition) is 2. The number of anilines is 1. The van der Waals surface area contributed by atoms with Crippen LogP contribution in [-0.4, -0.2) is 5.97 Å². The van der Waals surface area contributed by atoms with Gasteiger partial charge in [0.05, 0.1) is 0 Å². The van der Waals surface area contributed by atoms with E-state index >= 15 is 0 Å². The van der Waals surface area contributed by atoms with E-state index in [-0.39, 0.29) is 6.61 Å². The molecular weight excluding hydrogens is 240 g/mol. The topological polar surface area (TPSA) is 78.3 Å². The molecule has 4 N–H and O–H groups in total. The third-order valence-electron chi connectivity index (χ3n) is 2.77. The molecule has 0 aliphatic rings. The molecule has 0 fully saturated rings. The Morgan fingerprint density at radius 1 is 1.05 bits per heavy atom. The van der Waals surface area contributed by atoms with Crippen LogP contribution in [0.2, 0.25) is 0 Å². The van der Waals surface area contributed by atoms with Crippen molar-refractivity contribution in [3.05, 3.63) is 65.7 Å². The monoisotopic (exact) mass is 256 g/mol. The lowest BCUT2D eigenvalue weighted by Crippen LogP contribution is -2.23. The first kappa shape index (κ1) is 13.1. The van der Waals surface area contributed by atoms with Gasteiger partial charge >= 0.3 is 5.97 Å². The van der Waals surface area contributed by atoms with Gasteiger partial charge in [0.15, 0.2) is 0 Å². The number of nitrogen functional groups attached to an aromatic ring is 1. The van der Waals surface area contributed by atoms with Crippen LogP contribution in [-0.2, 0) is 16.1 Å². The van der Waals surface area contributed by atoms with Crippen molar-refractivity contribution in [2.75, 3.05) is 5.73 Å². The molecule has 0 spiro atoms. The SMILES string of the molecule is Nc1ccc(C(N)C(=O)OCc2ccccc2)cc1. The van der Waals surface area contributed by atoms with Crippen LogP contribution in [0.4, 0.5) is 5.69 Å². The van der Waals surface area contributed by atoms with E-state index in [2.05, 4.69) is 0 Å². The average Bonchev–Trinajstić information content (AvgIpc) is 2.46. The Morgan fingerprint density at radius 2 is 1.68 bits per heavy atom. The standard InChI is InChI=1S/C15H16N2O2/c16-13-8-6-12(7-9-13)14(17)15(18)19-10-11-4-2-1-3-5-11/h1-9,14H,10,16-17H2. The van der Waals surface area contributed by atoms with Gasteiger partial charge in [0.2, 0.25) is 0 Å². The highest BCUT2D eigenvalue weighted by atomic mass is 16.5. The Labute approximate surface area is 112 Å². The molecule has 19 heavy (non-hydrogen) atoms. The zero-order valence-corrected chi connectivity index (χ0v) is 10.5. The summed E-state index contributed by atoms with van der Waals surface area (Å²) in [6.07, 6.45) is 0. The third-order valence-corrected chi connectivity index (χ3v) is 2.77. The molecule has 1 atom stereocenters. The summed E-state index contributed by atoms with van der Waals surface area (Å²) in [5.74, 6) is -0.450. The van der Waals surface area contributed by atoms with Crippen LogP contribution < -0.4 is 11.5 Å². The lowest BCUT2D eigenvalue weighted by molar-refractivity contribution is -0.146. The third kappa shape index (κ3) is 3.56. The van der Waals surface area contributed by atoms with E-state index in [0.717, 1.165) is 5.56 Å². The van der Waals surface area contributed by atoms with Gasteiger partial charge in [0.25, 0.3) is 0 Å². The van der Waals surface area contributed by atoms with E-state index < -0.39 is 12.0 Å². The van der Waals surface area contributed by atoms with Crippen LogP contribution in [0.5, 0.6) is 0 Å². The molecule has 2 rings (SSSR count). The van der Waals surface area contributed by atoms with Crippen LogP contribution in [0.15, 0.2) is 54.6 Å². The number of esters is 1. The molecule has 1 unspecified atom stereocenters. The molecule has 0 aromatic heterocycles. The van der Waals surface area contributed by atoms with Gasteiger partial charge in [-0.05, 0) is 23.3 Å². The highest BCUT2D eigenvalue weighted by Gasteiger charge is 2.17. The first-order valence-electron chi connectivity index (χ1n) is 5.98. The lowest BCUT2D eigenvalue weighted by atomic mass is 10.1. The minimum absolute atomic E-state index is 0.225. The maximum Gasteiger partial charge on any atom is 0.327 e. The van der Waals surface area contributed by atoms with Crippen LogP contribution in [0.25, 0.3) is 0 Å². The maximum atomic E-state index is 11.8. The van der Waals surface area contributed by atoms with Crippen molar-refractivity contribution in [3.8, 4) is 0 Å². The first-order valence-corrected chi connectivity index (χ1v) is 5.98. The Balaban J connectivity index is 1.94. The minimum atomic E-state index is -0.788. The molecular formula is C15H16N2O2. The highest BCUT2D eigenvalue weighted by molar-refractivity contribution is 5.77. The minimum Gasteiger partial charge on any atom is -0.459 e. The number of benzene rings is 2. The summed E-state index contributed by atoms with van der Waals surface area (Å²) in [5, 5.41) is 0. The van der Waals surface area contributed by atoms with E-state index in [0.29, 0.717) is 11.3 Å². The smallest absolute Gasteiger partial charge is 0.327 e. The summed E-state index contributed by atoms with van der Waals surface area (Å²) in [6, 6.07) is 15.6. The molecule has 4 heteroatoms. The van der Waals surface area contributed by atoms with Crippen molar-refractivity contribution < 1.29 is 9.53 Å². The summed E-state index contributed by atoms with van der Waals surface area (Å²) in [5.41, 5.74) is 13.7. The van der Waals surface area contributed by atoms with E-state index in [1.807, 2.05) is 30.3 Å². The Kier molecular flexibility index (Phi) is 4.15. The number of ether oxygens (including phenoxy) is 1. The number of nitrogens with two attached hydrogens (primary N) is 2. The molecule has 0 saturated heterocycles. The zero-order valence-electron chi connectivity index (χ0n) is 10.5. The lowest BCUT2D eigenvalue weighted by Gasteiger charge is -2.12. The van der Waals surface area contributed by atoms with Crippen molar-refractivity contribution in [1.29, 1.82) is 0 Å². The second-order valence-electron chi connectivity index (χ2n) is 4.24. The number of hydrogen-bond acceptors (Lipinski definition) is 4. The van der Waals surface area contributed by atoms with Crippen LogP contribution in [0.1, 0.15) is 17.2 Å². The fourth-order valence-corrected chi connectivity index (χ4v) is 1.66. The Hall–Kier alpha value is -2.33. The van der Waals surface area contributed by atoms with Gasteiger partial charge in [-0.25, -0.2) is 4.79 Å². The summed E-state index contributed by atoms with van der Waals surface area (Å²) in [7, 11) is 0. The second kappa shape index (κ2) is 6.02. The van der Waals surface area contributed by atoms with E-state index in [4.69, 9.17) is 16.2 Å². The molecule has 0 aliphatic heterocycles. The molecule has 0 radical (unpaired) electrons. The van der Waals surface area contributed by atoms with Gasteiger partial charge in [0.1, 0.15) is 12.6 Å². The number of carbonyl (C=O) groups excluding carboxylic acids is 1. The van der Waals surface area contributed by atoms with Gasteiger partial charge in [-0.15, -0.1) is 0 Å². The summed E-state index contributed by atoms with van der Waals surface area (Å²) in [4.78, 5) is 11.8. The van der Waals surface area contributed by atoms with Crippen molar-refractivity contribution in [2.45, 2.75) is 12.6 Å². The summed E-state index contributed by atoms with van der Waals surface area (Å²) >= 11 is 0. The van der Waals surface area contributed by atoms with E-state index in [1.54, 1.807) is 24.3 Å². The predicted molar refractivity (Wildman–Crippen MR) is 74.0 cm³/mol. The van der Waals surface area contributed by atoms with Crippen LogP contribution >= 0.6 is 0 Å². The van der Waals surface area contributed by atoms with Crippen molar-refractivity contribution >= 4 is 11.7 Å². The van der Waals surface area contributed by atoms with Crippen LogP contribution in [0, 0.1) is 0 Å². The first-order chi connectivity index (χ1) is 9.16. The fourth-order valence-electron chi connectivity index (χ4n) is 1.66. The molecule has 0 saturated carbocycles. The van der Waals surface area contributed by atoms with Crippen molar-refractivity contribution in [2.24, 2.45) is 5.73 Å². The Morgan fingerprint density at radius 3 is 2.32 bits per heavy atom. The zero-order chi connectivity index (χ0) is 13.7. The largest absolute Gasteiger partial charge is 0.459 e. The van der Waals surface area contributed by atoms with E-state index in [9.17, 15) is 4.79 Å². The van der Waals surface area contributed by atoms with E-state index in [1.165, 1.54) is 0 Å². The van der Waals surface area contributed by atoms with Gasteiger partial charge in [-0.1, -0.05) is 42.5 Å². The molecule has 0 amide bonds. The average molecular weight is 256 g/mol. The predicted octanol–water partition coefficient (Wildman–Crippen LogP) is 2.01. The number of rotatable bonds is 4. The summed E-state index contributed by atoms with van der Waals surface area (Å²) < 4.78 is 5.18. The Bertz CT molecular complexity index is 538. The molecule has 0 aliphatic carbocycles. The maximum absolute atomic E-state index is 11.8. The molecule has 2 aromatic rings. The quantitative estimate of drug-likeness (QED) is 0.648. The summed E-state index contributed by atoms with van der Waals surface area (Å²) in [6.45, 7) is 0.225. The fraction of sp³-hybridized carbons (Fsp3) is 0.133. The molecule has 98 valence electrons. The van der Waals surface area contributed by atoms with Gasteiger partial charge < -0.3 is 16.2 Å². The normalized spacial score (nSPS) is 11.8. The molecule has 0 heterocycles. The highest BCUT2D eigenvalue weighted by Crippen LogP contribution is 2.14. The number of carbonyl (C=O) groups is 1. The second-order valence-corrected chi connectivity index (χ2v) is 4.24. The van der Waals surface area contributed by atoms with Gasteiger partial charge in [0, 0.05) is 5.69 Å². The molecule has 4 nitrogen and oxygen atoms in total. The van der Waals surface area contributed by atoms with Gasteiger partial charge in [-0.3, -0.25) is 0 Å². The molecule has 2 aromatic carbocycles. The van der Waals surface area contributed by atoms with Crippen LogP contribution in [0.3, 0.4) is 0 Å². The van der Waals surface area contributed by atoms with Crippen molar-refractivity contribution in [1.82, 2.24) is 0 Å².